The van der Waals surface area contributed by atoms with E-state index in [1.807, 2.05) is 6.92 Å². The van der Waals surface area contributed by atoms with Crippen LogP contribution < -0.4 is 0 Å². The normalized spacial score (nSPS) is 22.0. The van der Waals surface area contributed by atoms with Crippen molar-refractivity contribution >= 4 is 23.5 Å². The molecule has 124 valence electrons. The second-order valence-electron chi connectivity index (χ2n) is 5.76. The maximum absolute atomic E-state index is 10.2. The summed E-state index contributed by atoms with van der Waals surface area (Å²) in [7, 11) is 1.66. The molecule has 1 rings (SSSR count). The van der Waals surface area contributed by atoms with Crippen LogP contribution in [0.5, 0.6) is 0 Å². The zero-order valence-corrected chi connectivity index (χ0v) is 15.1. The Labute approximate surface area is 137 Å². The highest BCUT2D eigenvalue weighted by molar-refractivity contribution is 8.17. The van der Waals surface area contributed by atoms with Crippen molar-refractivity contribution in [3.8, 4) is 0 Å². The van der Waals surface area contributed by atoms with Gasteiger partial charge >= 0.3 is 0 Å². The molecule has 0 aliphatic carbocycles. The van der Waals surface area contributed by atoms with Gasteiger partial charge in [0.2, 0.25) is 0 Å². The molecule has 0 radical (unpaired) electrons. The molecule has 1 saturated heterocycles. The van der Waals surface area contributed by atoms with Gasteiger partial charge < -0.3 is 14.9 Å². The topological polar surface area (TPSA) is 49.7 Å². The van der Waals surface area contributed by atoms with Crippen molar-refractivity contribution in [1.29, 1.82) is 0 Å². The van der Waals surface area contributed by atoms with Gasteiger partial charge in [-0.05, 0) is 49.2 Å². The molecule has 0 aromatic carbocycles. The molecule has 0 spiro atoms. The maximum atomic E-state index is 10.2. The number of hydrogen-bond donors (Lipinski definition) is 2. The molecule has 1 heterocycles. The number of rotatable bonds is 9. The minimum atomic E-state index is -0.335. The Balaban J connectivity index is 2.31. The first-order chi connectivity index (χ1) is 10.1. The average Bonchev–Trinajstić information content (AvgIpc) is 2.51. The Kier molecular flexibility index (Phi) is 10.1. The van der Waals surface area contributed by atoms with Gasteiger partial charge in [-0.3, -0.25) is 0 Å². The quantitative estimate of drug-likeness (QED) is 0.634. The van der Waals surface area contributed by atoms with E-state index in [4.69, 9.17) is 9.84 Å². The first-order valence-corrected chi connectivity index (χ1v) is 9.89. The molecule has 0 aromatic heterocycles. The molecule has 2 N–H and O–H groups in total. The van der Waals surface area contributed by atoms with E-state index in [1.54, 1.807) is 13.2 Å². The van der Waals surface area contributed by atoms with E-state index in [0.29, 0.717) is 16.9 Å². The van der Waals surface area contributed by atoms with Gasteiger partial charge in [0.1, 0.15) is 0 Å². The lowest BCUT2D eigenvalue weighted by molar-refractivity contribution is 0.0590. The minimum Gasteiger partial charge on any atom is -0.393 e. The van der Waals surface area contributed by atoms with Gasteiger partial charge in [-0.1, -0.05) is 13.0 Å². The van der Waals surface area contributed by atoms with Crippen LogP contribution in [0.2, 0.25) is 0 Å². The van der Waals surface area contributed by atoms with Crippen molar-refractivity contribution < 1.29 is 14.9 Å². The largest absolute Gasteiger partial charge is 0.393 e. The van der Waals surface area contributed by atoms with Crippen LogP contribution in [0.4, 0.5) is 0 Å². The van der Waals surface area contributed by atoms with Gasteiger partial charge in [0.05, 0.1) is 23.4 Å². The summed E-state index contributed by atoms with van der Waals surface area (Å²) >= 11 is 4.15. The smallest absolute Gasteiger partial charge is 0.0803 e. The van der Waals surface area contributed by atoms with Crippen molar-refractivity contribution in [3.63, 3.8) is 0 Å². The third kappa shape index (κ3) is 7.42. The lowest BCUT2D eigenvalue weighted by Crippen LogP contribution is -2.23. The number of methoxy groups -OCH3 is 1. The number of thioether (sulfide) groups is 2. The van der Waals surface area contributed by atoms with E-state index >= 15 is 0 Å². The van der Waals surface area contributed by atoms with Gasteiger partial charge in [-0.15, -0.1) is 23.5 Å². The summed E-state index contributed by atoms with van der Waals surface area (Å²) in [5.41, 5.74) is 0.991. The maximum Gasteiger partial charge on any atom is 0.0803 e. The second-order valence-corrected chi connectivity index (χ2v) is 8.56. The van der Waals surface area contributed by atoms with Crippen LogP contribution in [0.15, 0.2) is 11.6 Å². The van der Waals surface area contributed by atoms with Crippen LogP contribution in [0.25, 0.3) is 0 Å². The predicted octanol–water partition coefficient (Wildman–Crippen LogP) is 3.30. The highest BCUT2D eigenvalue weighted by atomic mass is 32.2. The first kappa shape index (κ1) is 19.4. The third-order valence-corrected chi connectivity index (χ3v) is 7.42. The fourth-order valence-electron chi connectivity index (χ4n) is 2.53. The van der Waals surface area contributed by atoms with Crippen molar-refractivity contribution in [3.05, 3.63) is 11.6 Å². The number of aliphatic hydroxyl groups is 2. The lowest BCUT2D eigenvalue weighted by atomic mass is 9.98. The van der Waals surface area contributed by atoms with Crippen molar-refractivity contribution in [2.24, 2.45) is 5.92 Å². The highest BCUT2D eigenvalue weighted by Gasteiger charge is 2.23. The Hall–Kier alpha value is 0.320. The van der Waals surface area contributed by atoms with Crippen molar-refractivity contribution in [2.45, 2.75) is 56.3 Å². The van der Waals surface area contributed by atoms with Gasteiger partial charge in [0.15, 0.2) is 0 Å². The lowest BCUT2D eigenvalue weighted by Gasteiger charge is -2.27. The van der Waals surface area contributed by atoms with E-state index in [-0.39, 0.29) is 18.8 Å². The predicted molar refractivity (Wildman–Crippen MR) is 94.0 cm³/mol. The van der Waals surface area contributed by atoms with Gasteiger partial charge in [0, 0.05) is 13.5 Å². The van der Waals surface area contributed by atoms with Crippen LogP contribution in [0.3, 0.4) is 0 Å². The fraction of sp³-hybridized carbons (Fsp3) is 0.875. The van der Waals surface area contributed by atoms with E-state index in [1.165, 1.54) is 17.9 Å². The van der Waals surface area contributed by atoms with Gasteiger partial charge in [-0.2, -0.15) is 0 Å². The monoisotopic (exact) mass is 334 g/mol. The molecule has 21 heavy (non-hydrogen) atoms. The van der Waals surface area contributed by atoms with E-state index in [0.717, 1.165) is 18.4 Å². The van der Waals surface area contributed by atoms with E-state index < -0.39 is 0 Å². The number of aliphatic hydroxyl groups excluding tert-OH is 2. The molecule has 0 saturated carbocycles. The van der Waals surface area contributed by atoms with Crippen molar-refractivity contribution in [1.82, 2.24) is 0 Å². The number of ether oxygens (including phenoxy) is 1. The molecule has 5 heteroatoms. The Bertz CT molecular complexity index is 304. The molecule has 1 fully saturated rings. The third-order valence-electron chi connectivity index (χ3n) is 3.96. The number of hydrogen-bond acceptors (Lipinski definition) is 5. The molecular weight excluding hydrogens is 304 g/mol. The van der Waals surface area contributed by atoms with Crippen LogP contribution in [-0.2, 0) is 4.74 Å². The Morgan fingerprint density at radius 1 is 1.33 bits per heavy atom. The fourth-order valence-corrected chi connectivity index (χ4v) is 5.70. The van der Waals surface area contributed by atoms with Gasteiger partial charge in [0.25, 0.3) is 0 Å². The molecule has 3 nitrogen and oxygen atoms in total. The zero-order chi connectivity index (χ0) is 15.7. The van der Waals surface area contributed by atoms with E-state index in [2.05, 4.69) is 30.4 Å². The van der Waals surface area contributed by atoms with Gasteiger partial charge in [-0.25, -0.2) is 0 Å². The van der Waals surface area contributed by atoms with Crippen LogP contribution >= 0.6 is 23.5 Å². The first-order valence-electron chi connectivity index (χ1n) is 7.80. The summed E-state index contributed by atoms with van der Waals surface area (Å²) < 4.78 is 6.11. The zero-order valence-electron chi connectivity index (χ0n) is 13.5. The molecule has 0 amide bonds. The molecule has 1 aliphatic heterocycles. The Morgan fingerprint density at radius 3 is 2.57 bits per heavy atom. The average molecular weight is 335 g/mol. The molecule has 3 atom stereocenters. The summed E-state index contributed by atoms with van der Waals surface area (Å²) in [4.78, 5) is 0. The summed E-state index contributed by atoms with van der Waals surface area (Å²) in [5, 5.41) is 19.2. The van der Waals surface area contributed by atoms with Crippen LogP contribution in [-0.4, -0.2) is 52.2 Å². The highest BCUT2D eigenvalue weighted by Crippen LogP contribution is 2.37. The summed E-state index contributed by atoms with van der Waals surface area (Å²) in [6.45, 7) is 4.26. The summed E-state index contributed by atoms with van der Waals surface area (Å²) in [6, 6.07) is 0. The molecular formula is C16H30O3S2. The SMILES string of the molecule is CO[C@@H](C[C@@H](O)CC[C@@H](C)C1SCCCS1)/C(C)=C/CO. The second kappa shape index (κ2) is 10.9. The summed E-state index contributed by atoms with van der Waals surface area (Å²) in [6.07, 6.45) is 5.14. The van der Waals surface area contributed by atoms with Crippen LogP contribution in [0.1, 0.15) is 39.5 Å². The van der Waals surface area contributed by atoms with E-state index in [9.17, 15) is 5.11 Å². The molecule has 0 bridgehead atoms. The molecule has 0 unspecified atom stereocenters. The minimum absolute atomic E-state index is 0.0228. The van der Waals surface area contributed by atoms with Crippen LogP contribution in [0, 0.1) is 5.92 Å². The standard InChI is InChI=1S/C16H30O3S2/c1-12(7-8-17)15(19-3)11-14(18)6-5-13(2)16-20-9-4-10-21-16/h7,13-18H,4-6,8-11H2,1-3H3/b12-7+/t13-,14+,15+/m1/s1. The van der Waals surface area contributed by atoms with Crippen molar-refractivity contribution in [2.75, 3.05) is 25.2 Å². The molecule has 0 aromatic rings. The summed E-state index contributed by atoms with van der Waals surface area (Å²) in [5.74, 6) is 3.20. The Morgan fingerprint density at radius 2 is 2.00 bits per heavy atom. The molecule has 1 aliphatic rings.